The van der Waals surface area contributed by atoms with Gasteiger partial charge in [-0.05, 0) is 44.9 Å². The molecule has 0 amide bonds. The zero-order valence-electron chi connectivity index (χ0n) is 10.7. The largest absolute Gasteiger partial charge is 0.459 e. The number of carbonyl (C=O) groups excluding carboxylic acids is 1. The second kappa shape index (κ2) is 5.44. The van der Waals surface area contributed by atoms with Gasteiger partial charge in [-0.15, -0.1) is 0 Å². The summed E-state index contributed by atoms with van der Waals surface area (Å²) in [6.45, 7) is 5.17. The molecule has 2 N–H and O–H groups in total. The van der Waals surface area contributed by atoms with Crippen molar-refractivity contribution in [3.63, 3.8) is 0 Å². The Labute approximate surface area is 105 Å². The van der Waals surface area contributed by atoms with Crippen LogP contribution in [-0.4, -0.2) is 17.6 Å². The summed E-state index contributed by atoms with van der Waals surface area (Å²) in [5.74, 6) is -1.98. The lowest BCUT2D eigenvalue weighted by atomic mass is 10.1. The van der Waals surface area contributed by atoms with E-state index in [1.54, 1.807) is 20.8 Å². The van der Waals surface area contributed by atoms with Gasteiger partial charge in [0.1, 0.15) is 23.3 Å². The van der Waals surface area contributed by atoms with Crippen molar-refractivity contribution < 1.29 is 18.3 Å². The molecule has 5 heteroatoms. The summed E-state index contributed by atoms with van der Waals surface area (Å²) < 4.78 is 31.0. The SMILES string of the molecule is CC(C)(C)OC(=O)[C@@H](N)Cc1cc(F)cc(F)c1. The maximum atomic E-state index is 13.0. The fourth-order valence-corrected chi connectivity index (χ4v) is 1.44. The predicted octanol–water partition coefficient (Wildman–Crippen LogP) is 2.18. The molecule has 0 radical (unpaired) electrons. The maximum absolute atomic E-state index is 13.0. The number of nitrogens with two attached hydrogens (primary N) is 1. The Balaban J connectivity index is 2.69. The Hall–Kier alpha value is -1.49. The summed E-state index contributed by atoms with van der Waals surface area (Å²) >= 11 is 0. The third-order valence-corrected chi connectivity index (χ3v) is 2.09. The molecule has 0 aromatic heterocycles. The third kappa shape index (κ3) is 4.79. The molecule has 1 rings (SSSR count). The molecule has 100 valence electrons. The van der Waals surface area contributed by atoms with Crippen molar-refractivity contribution in [2.24, 2.45) is 5.73 Å². The number of carbonyl (C=O) groups is 1. The number of esters is 1. The highest BCUT2D eigenvalue weighted by Crippen LogP contribution is 2.12. The number of hydrogen-bond donors (Lipinski definition) is 1. The van der Waals surface area contributed by atoms with Crippen LogP contribution in [0, 0.1) is 11.6 Å². The first-order chi connectivity index (χ1) is 8.17. The zero-order chi connectivity index (χ0) is 13.9. The van der Waals surface area contributed by atoms with Gasteiger partial charge >= 0.3 is 5.97 Å². The summed E-state index contributed by atoms with van der Waals surface area (Å²) in [5, 5.41) is 0. The number of benzene rings is 1. The van der Waals surface area contributed by atoms with Gasteiger partial charge in [-0.25, -0.2) is 8.78 Å². The van der Waals surface area contributed by atoms with Gasteiger partial charge in [0, 0.05) is 6.07 Å². The average molecular weight is 257 g/mol. The monoisotopic (exact) mass is 257 g/mol. The Morgan fingerprint density at radius 2 is 1.78 bits per heavy atom. The van der Waals surface area contributed by atoms with E-state index in [1.807, 2.05) is 0 Å². The van der Waals surface area contributed by atoms with Crippen LogP contribution in [0.3, 0.4) is 0 Å². The topological polar surface area (TPSA) is 52.3 Å². The Morgan fingerprint density at radius 1 is 1.28 bits per heavy atom. The quantitative estimate of drug-likeness (QED) is 0.844. The van der Waals surface area contributed by atoms with Crippen molar-refractivity contribution in [1.29, 1.82) is 0 Å². The number of hydrogen-bond acceptors (Lipinski definition) is 3. The fourth-order valence-electron chi connectivity index (χ4n) is 1.44. The van der Waals surface area contributed by atoms with Gasteiger partial charge in [0.25, 0.3) is 0 Å². The van der Waals surface area contributed by atoms with Gasteiger partial charge in [-0.1, -0.05) is 0 Å². The Kier molecular flexibility index (Phi) is 4.40. The molecule has 0 heterocycles. The lowest BCUT2D eigenvalue weighted by Gasteiger charge is -2.22. The van der Waals surface area contributed by atoms with Crippen LogP contribution in [0.25, 0.3) is 0 Å². The molecule has 0 aliphatic heterocycles. The maximum Gasteiger partial charge on any atom is 0.323 e. The molecule has 0 aliphatic rings. The Bertz CT molecular complexity index is 421. The molecule has 1 aromatic rings. The van der Waals surface area contributed by atoms with Gasteiger partial charge in [-0.2, -0.15) is 0 Å². The van der Waals surface area contributed by atoms with Gasteiger partial charge in [-0.3, -0.25) is 4.79 Å². The predicted molar refractivity (Wildman–Crippen MR) is 63.9 cm³/mol. The molecule has 0 fully saturated rings. The first-order valence-electron chi connectivity index (χ1n) is 5.61. The van der Waals surface area contributed by atoms with Crippen LogP contribution >= 0.6 is 0 Å². The van der Waals surface area contributed by atoms with E-state index in [-0.39, 0.29) is 6.42 Å². The summed E-state index contributed by atoms with van der Waals surface area (Å²) in [6, 6.07) is 2.12. The van der Waals surface area contributed by atoms with Crippen LogP contribution in [0.5, 0.6) is 0 Å². The van der Waals surface area contributed by atoms with Gasteiger partial charge in [0.05, 0.1) is 0 Å². The molecule has 0 spiro atoms. The van der Waals surface area contributed by atoms with Crippen molar-refractivity contribution in [3.05, 3.63) is 35.4 Å². The van der Waals surface area contributed by atoms with Crippen LogP contribution in [0.15, 0.2) is 18.2 Å². The van der Waals surface area contributed by atoms with Crippen molar-refractivity contribution >= 4 is 5.97 Å². The van der Waals surface area contributed by atoms with Crippen LogP contribution in [0.1, 0.15) is 26.3 Å². The number of halogens is 2. The first-order valence-corrected chi connectivity index (χ1v) is 5.61. The van der Waals surface area contributed by atoms with Gasteiger partial charge < -0.3 is 10.5 Å². The van der Waals surface area contributed by atoms with Crippen molar-refractivity contribution in [2.75, 3.05) is 0 Å². The van der Waals surface area contributed by atoms with Gasteiger partial charge in [0.15, 0.2) is 0 Å². The van der Waals surface area contributed by atoms with Crippen molar-refractivity contribution in [2.45, 2.75) is 38.8 Å². The lowest BCUT2D eigenvalue weighted by molar-refractivity contribution is -0.156. The molecule has 0 unspecified atom stereocenters. The van der Waals surface area contributed by atoms with E-state index in [4.69, 9.17) is 10.5 Å². The fraction of sp³-hybridized carbons (Fsp3) is 0.462. The minimum absolute atomic E-state index is 0.0313. The summed E-state index contributed by atoms with van der Waals surface area (Å²) in [5.41, 5.74) is 5.32. The minimum Gasteiger partial charge on any atom is -0.459 e. The smallest absolute Gasteiger partial charge is 0.323 e. The van der Waals surface area contributed by atoms with E-state index >= 15 is 0 Å². The molecule has 0 aliphatic carbocycles. The minimum atomic E-state index is -0.939. The van der Waals surface area contributed by atoms with Crippen LogP contribution in [-0.2, 0) is 16.0 Å². The van der Waals surface area contributed by atoms with E-state index in [9.17, 15) is 13.6 Å². The van der Waals surface area contributed by atoms with E-state index in [1.165, 1.54) is 0 Å². The average Bonchev–Trinajstić information content (AvgIpc) is 2.12. The van der Waals surface area contributed by atoms with Crippen LogP contribution < -0.4 is 5.73 Å². The highest BCUT2D eigenvalue weighted by molar-refractivity contribution is 5.76. The van der Waals surface area contributed by atoms with E-state index in [0.717, 1.165) is 18.2 Å². The second-order valence-electron chi connectivity index (χ2n) is 5.12. The van der Waals surface area contributed by atoms with Crippen molar-refractivity contribution in [3.8, 4) is 0 Å². The van der Waals surface area contributed by atoms with Crippen LogP contribution in [0.4, 0.5) is 8.78 Å². The first kappa shape index (κ1) is 14.6. The molecule has 0 saturated carbocycles. The molecular formula is C13H17F2NO2. The number of ether oxygens (including phenoxy) is 1. The highest BCUT2D eigenvalue weighted by Gasteiger charge is 2.22. The van der Waals surface area contributed by atoms with Gasteiger partial charge in [0.2, 0.25) is 0 Å². The number of rotatable bonds is 3. The summed E-state index contributed by atoms with van der Waals surface area (Å²) in [7, 11) is 0. The molecule has 0 saturated heterocycles. The highest BCUT2D eigenvalue weighted by atomic mass is 19.1. The third-order valence-electron chi connectivity index (χ3n) is 2.09. The second-order valence-corrected chi connectivity index (χ2v) is 5.12. The molecule has 18 heavy (non-hydrogen) atoms. The zero-order valence-corrected chi connectivity index (χ0v) is 10.7. The van der Waals surface area contributed by atoms with Crippen LogP contribution in [0.2, 0.25) is 0 Å². The molecule has 0 bridgehead atoms. The van der Waals surface area contributed by atoms with E-state index in [0.29, 0.717) is 5.56 Å². The van der Waals surface area contributed by atoms with E-state index in [2.05, 4.69) is 0 Å². The molecule has 1 atom stereocenters. The molecule has 1 aromatic carbocycles. The summed E-state index contributed by atoms with van der Waals surface area (Å²) in [4.78, 5) is 11.6. The molecule has 3 nitrogen and oxygen atoms in total. The summed E-state index contributed by atoms with van der Waals surface area (Å²) in [6.07, 6.45) is 0.0313. The normalized spacial score (nSPS) is 13.2. The lowest BCUT2D eigenvalue weighted by Crippen LogP contribution is -2.38. The molecular weight excluding hydrogens is 240 g/mol. The van der Waals surface area contributed by atoms with Crippen molar-refractivity contribution in [1.82, 2.24) is 0 Å². The van der Waals surface area contributed by atoms with E-state index < -0.39 is 29.2 Å². The standard InChI is InChI=1S/C13H17F2NO2/c1-13(2,3)18-12(17)11(16)6-8-4-9(14)7-10(15)5-8/h4-5,7,11H,6,16H2,1-3H3/t11-/m0/s1. The Morgan fingerprint density at radius 3 is 2.22 bits per heavy atom.